The van der Waals surface area contributed by atoms with Crippen molar-refractivity contribution in [3.63, 3.8) is 0 Å². The van der Waals surface area contributed by atoms with Crippen molar-refractivity contribution in [3.05, 3.63) is 0 Å². The highest BCUT2D eigenvalue weighted by atomic mass is 16.4. The number of hydrogen-bond donors (Lipinski definition) is 3. The van der Waals surface area contributed by atoms with Gasteiger partial charge in [-0.15, -0.1) is 0 Å². The van der Waals surface area contributed by atoms with Gasteiger partial charge in [0.05, 0.1) is 6.54 Å². The van der Waals surface area contributed by atoms with Crippen LogP contribution in [0.25, 0.3) is 0 Å². The molecular formula is C21H40N2O4. The van der Waals surface area contributed by atoms with Crippen LogP contribution in [0.4, 0.5) is 0 Å². The van der Waals surface area contributed by atoms with E-state index >= 15 is 0 Å². The topological polar surface area (TPSA) is 95.5 Å². The Labute approximate surface area is 164 Å². The van der Waals surface area contributed by atoms with Crippen molar-refractivity contribution in [1.82, 2.24) is 10.6 Å². The molecule has 0 aliphatic rings. The quantitative estimate of drug-likeness (QED) is 0.309. The van der Waals surface area contributed by atoms with Crippen LogP contribution in [0.2, 0.25) is 0 Å². The van der Waals surface area contributed by atoms with Gasteiger partial charge >= 0.3 is 5.97 Å². The molecule has 0 aromatic carbocycles. The Morgan fingerprint density at radius 3 is 1.63 bits per heavy atom. The minimum absolute atomic E-state index is 0.156. The van der Waals surface area contributed by atoms with Crippen molar-refractivity contribution < 1.29 is 19.5 Å². The van der Waals surface area contributed by atoms with Crippen molar-refractivity contribution in [2.75, 3.05) is 6.54 Å². The van der Waals surface area contributed by atoms with E-state index in [0.29, 0.717) is 6.42 Å². The Balaban J connectivity index is 3.36. The van der Waals surface area contributed by atoms with Crippen molar-refractivity contribution in [3.8, 4) is 0 Å². The number of carboxylic acid groups (broad SMARTS) is 1. The molecule has 27 heavy (non-hydrogen) atoms. The predicted molar refractivity (Wildman–Crippen MR) is 109 cm³/mol. The van der Waals surface area contributed by atoms with Gasteiger partial charge in [0.15, 0.2) is 0 Å². The lowest BCUT2D eigenvalue weighted by Crippen LogP contribution is -2.43. The van der Waals surface area contributed by atoms with Crippen molar-refractivity contribution in [2.45, 2.75) is 110 Å². The molecule has 0 unspecified atom stereocenters. The minimum Gasteiger partial charge on any atom is -0.480 e. The summed E-state index contributed by atoms with van der Waals surface area (Å²) in [5.74, 6) is -1.73. The zero-order valence-electron chi connectivity index (χ0n) is 17.4. The molecule has 0 aromatic heterocycles. The monoisotopic (exact) mass is 384 g/mol. The van der Waals surface area contributed by atoms with Crippen LogP contribution in [0.5, 0.6) is 0 Å². The lowest BCUT2D eigenvalue weighted by atomic mass is 10.0. The summed E-state index contributed by atoms with van der Waals surface area (Å²) in [5.41, 5.74) is 0. The number of rotatable bonds is 18. The van der Waals surface area contributed by atoms with Gasteiger partial charge in [0, 0.05) is 6.42 Å². The van der Waals surface area contributed by atoms with Crippen LogP contribution in [0.15, 0.2) is 0 Å². The summed E-state index contributed by atoms with van der Waals surface area (Å²) < 4.78 is 0. The molecule has 158 valence electrons. The lowest BCUT2D eigenvalue weighted by Gasteiger charge is -2.10. The number of aliphatic carboxylic acids is 1. The summed E-state index contributed by atoms with van der Waals surface area (Å²) in [4.78, 5) is 33.7. The van der Waals surface area contributed by atoms with E-state index in [1.807, 2.05) is 0 Å². The van der Waals surface area contributed by atoms with Gasteiger partial charge in [-0.3, -0.25) is 14.4 Å². The summed E-state index contributed by atoms with van der Waals surface area (Å²) in [5, 5.41) is 13.5. The molecule has 0 fully saturated rings. The minimum atomic E-state index is -1.10. The van der Waals surface area contributed by atoms with E-state index in [4.69, 9.17) is 5.11 Å². The van der Waals surface area contributed by atoms with Crippen LogP contribution in [-0.4, -0.2) is 35.5 Å². The first-order valence-corrected chi connectivity index (χ1v) is 10.8. The van der Waals surface area contributed by atoms with Crippen LogP contribution < -0.4 is 10.6 Å². The fourth-order valence-corrected chi connectivity index (χ4v) is 2.92. The van der Waals surface area contributed by atoms with Gasteiger partial charge < -0.3 is 15.7 Å². The predicted octanol–water partition coefficient (Wildman–Crippen LogP) is 4.17. The number of carbonyl (C=O) groups excluding carboxylic acids is 2. The van der Waals surface area contributed by atoms with Gasteiger partial charge in [-0.05, 0) is 13.3 Å². The number of carboxylic acids is 1. The molecule has 6 nitrogen and oxygen atoms in total. The van der Waals surface area contributed by atoms with Crippen LogP contribution in [0.1, 0.15) is 104 Å². The maximum absolute atomic E-state index is 11.7. The summed E-state index contributed by atoms with van der Waals surface area (Å²) in [7, 11) is 0. The molecule has 0 bridgehead atoms. The Morgan fingerprint density at radius 2 is 1.19 bits per heavy atom. The molecule has 0 aliphatic carbocycles. The second-order valence-corrected chi connectivity index (χ2v) is 7.40. The van der Waals surface area contributed by atoms with Gasteiger partial charge in [0.1, 0.15) is 6.04 Å². The second-order valence-electron chi connectivity index (χ2n) is 7.40. The summed E-state index contributed by atoms with van der Waals surface area (Å²) >= 11 is 0. The Kier molecular flexibility index (Phi) is 16.8. The maximum Gasteiger partial charge on any atom is 0.325 e. The van der Waals surface area contributed by atoms with E-state index in [1.54, 1.807) is 0 Å². The fourth-order valence-electron chi connectivity index (χ4n) is 2.92. The zero-order valence-corrected chi connectivity index (χ0v) is 17.4. The van der Waals surface area contributed by atoms with Gasteiger partial charge in [-0.1, -0.05) is 84.0 Å². The molecule has 0 heterocycles. The number of hydrogen-bond acceptors (Lipinski definition) is 3. The SMILES string of the molecule is CCCCCCCCCCCCCCCC(=O)NCC(=O)N[C@@H](C)C(=O)O. The average molecular weight is 385 g/mol. The maximum atomic E-state index is 11.7. The Hall–Kier alpha value is -1.59. The van der Waals surface area contributed by atoms with Crippen LogP contribution >= 0.6 is 0 Å². The molecule has 0 aromatic rings. The molecule has 0 radical (unpaired) electrons. The van der Waals surface area contributed by atoms with E-state index in [0.717, 1.165) is 19.3 Å². The van der Waals surface area contributed by atoms with Crippen molar-refractivity contribution >= 4 is 17.8 Å². The Morgan fingerprint density at radius 1 is 0.741 bits per heavy atom. The van der Waals surface area contributed by atoms with Gasteiger partial charge in [-0.2, -0.15) is 0 Å². The Bertz CT molecular complexity index is 413. The molecule has 2 amide bonds. The number of nitrogens with one attached hydrogen (secondary N) is 2. The normalized spacial score (nSPS) is 11.8. The molecule has 3 N–H and O–H groups in total. The third-order valence-electron chi connectivity index (χ3n) is 4.70. The van der Waals surface area contributed by atoms with Crippen LogP contribution in [0, 0.1) is 0 Å². The van der Waals surface area contributed by atoms with Gasteiger partial charge in [-0.25, -0.2) is 0 Å². The summed E-state index contributed by atoms with van der Waals surface area (Å²) in [6, 6.07) is -0.949. The highest BCUT2D eigenvalue weighted by molar-refractivity contribution is 5.87. The molecule has 0 rings (SSSR count). The van der Waals surface area contributed by atoms with Gasteiger partial charge in [0.2, 0.25) is 11.8 Å². The van der Waals surface area contributed by atoms with Gasteiger partial charge in [0.25, 0.3) is 0 Å². The molecule has 0 spiro atoms. The van der Waals surface area contributed by atoms with E-state index in [9.17, 15) is 14.4 Å². The fraction of sp³-hybridized carbons (Fsp3) is 0.857. The summed E-state index contributed by atoms with van der Waals surface area (Å²) in [6.07, 6.45) is 16.8. The first-order valence-electron chi connectivity index (χ1n) is 10.8. The van der Waals surface area contributed by atoms with Crippen molar-refractivity contribution in [2.24, 2.45) is 0 Å². The highest BCUT2D eigenvalue weighted by Gasteiger charge is 2.14. The lowest BCUT2D eigenvalue weighted by molar-refractivity contribution is -0.141. The smallest absolute Gasteiger partial charge is 0.325 e. The highest BCUT2D eigenvalue weighted by Crippen LogP contribution is 2.12. The number of carbonyl (C=O) groups is 3. The van der Waals surface area contributed by atoms with Crippen LogP contribution in [0.3, 0.4) is 0 Å². The third kappa shape index (κ3) is 17.6. The third-order valence-corrected chi connectivity index (χ3v) is 4.70. The first kappa shape index (κ1) is 25.4. The van der Waals surface area contributed by atoms with E-state index in [-0.39, 0.29) is 12.5 Å². The first-order chi connectivity index (χ1) is 13.0. The molecule has 0 aliphatic heterocycles. The zero-order chi connectivity index (χ0) is 20.3. The summed E-state index contributed by atoms with van der Waals surface area (Å²) in [6.45, 7) is 3.46. The average Bonchev–Trinajstić information content (AvgIpc) is 2.63. The second kappa shape index (κ2) is 17.8. The molecule has 1 atom stereocenters. The van der Waals surface area contributed by atoms with E-state index < -0.39 is 17.9 Å². The van der Waals surface area contributed by atoms with Crippen LogP contribution in [-0.2, 0) is 14.4 Å². The standard InChI is InChI=1S/C21H40N2O4/c1-3-4-5-6-7-8-9-10-11-12-13-14-15-16-19(24)22-17-20(25)23-18(2)21(26)27/h18H,3-17H2,1-2H3,(H,22,24)(H,23,25)(H,26,27)/t18-/m0/s1. The molecule has 0 saturated heterocycles. The van der Waals surface area contributed by atoms with E-state index in [1.165, 1.54) is 71.1 Å². The largest absolute Gasteiger partial charge is 0.480 e. The molecule has 0 saturated carbocycles. The number of unbranched alkanes of at least 4 members (excludes halogenated alkanes) is 12. The molecular weight excluding hydrogens is 344 g/mol. The van der Waals surface area contributed by atoms with Crippen molar-refractivity contribution in [1.29, 1.82) is 0 Å². The number of amides is 2. The van der Waals surface area contributed by atoms with E-state index in [2.05, 4.69) is 17.6 Å². The molecule has 6 heteroatoms.